The van der Waals surface area contributed by atoms with Crippen molar-refractivity contribution in [2.45, 2.75) is 93.9 Å². The smallest absolute Gasteiger partial charge is 0.249 e. The van der Waals surface area contributed by atoms with Crippen LogP contribution in [-0.4, -0.2) is 36.3 Å². The van der Waals surface area contributed by atoms with Crippen molar-refractivity contribution < 1.29 is 45.0 Å². The predicted molar refractivity (Wildman–Crippen MR) is 189 cm³/mol. The maximum Gasteiger partial charge on any atom is 0.249 e. The van der Waals surface area contributed by atoms with Gasteiger partial charge in [-0.25, -0.2) is 30.4 Å². The number of hydrogen-bond donors (Lipinski definition) is 1. The second-order valence-corrected chi connectivity index (χ2v) is 16.3. The summed E-state index contributed by atoms with van der Waals surface area (Å²) >= 11 is 0. The molecule has 13 heteroatoms. The molecule has 0 heterocycles. The van der Waals surface area contributed by atoms with Crippen LogP contribution in [0.4, 0.5) is 27.6 Å². The lowest BCUT2D eigenvalue weighted by Crippen LogP contribution is -2.51. The fourth-order valence-corrected chi connectivity index (χ4v) is 8.67. The second-order valence-electron chi connectivity index (χ2n) is 14.4. The Balaban J connectivity index is 1.40. The Bertz CT molecular complexity index is 2070. The fourth-order valence-electron chi connectivity index (χ4n) is 7.04. The molecule has 1 N–H and O–H groups in total. The minimum atomic E-state index is -5.45. The second kappa shape index (κ2) is 14.8. The molecule has 2 saturated carbocycles. The molecule has 282 valence electrons. The zero-order chi connectivity index (χ0) is 38.3. The van der Waals surface area contributed by atoms with Gasteiger partial charge in [0.25, 0.3) is 0 Å². The highest BCUT2D eigenvalue weighted by atomic mass is 32.2. The highest BCUT2D eigenvalue weighted by Crippen LogP contribution is 2.47. The van der Waals surface area contributed by atoms with Crippen LogP contribution in [0.3, 0.4) is 0 Å². The van der Waals surface area contributed by atoms with Gasteiger partial charge in [0.15, 0.2) is 28.2 Å². The third-order valence-corrected chi connectivity index (χ3v) is 12.3. The van der Waals surface area contributed by atoms with E-state index in [-0.39, 0.29) is 37.4 Å². The number of aliphatic hydroxyl groups is 1. The van der Waals surface area contributed by atoms with Crippen LogP contribution in [0.1, 0.15) is 87.0 Å². The van der Waals surface area contributed by atoms with Crippen molar-refractivity contribution in [1.82, 2.24) is 4.31 Å². The van der Waals surface area contributed by atoms with E-state index in [4.69, 9.17) is 4.74 Å². The maximum atomic E-state index is 14.9. The predicted octanol–water partition coefficient (Wildman–Crippen LogP) is 8.62. The SMILES string of the molecule is CN(C1(C(=O)N(Cc2ccc(C3CCCCC3)cc2)c2ccc(C(C)(C)O)c(OCc3ccccc3)c2)CC1)S(=O)(=O)c1c(F)c(F)c(F)c(F)c1F. The van der Waals surface area contributed by atoms with E-state index in [2.05, 4.69) is 0 Å². The Labute approximate surface area is 306 Å². The molecule has 0 unspecified atom stereocenters. The number of benzene rings is 4. The zero-order valence-corrected chi connectivity index (χ0v) is 30.5. The van der Waals surface area contributed by atoms with Gasteiger partial charge in [0.05, 0.1) is 12.1 Å². The number of carbonyl (C=O) groups is 1. The summed E-state index contributed by atoms with van der Waals surface area (Å²) < 4.78 is 106. The molecule has 2 fully saturated rings. The Morgan fingerprint density at radius 2 is 1.42 bits per heavy atom. The first-order valence-electron chi connectivity index (χ1n) is 17.5. The van der Waals surface area contributed by atoms with Gasteiger partial charge in [-0.1, -0.05) is 79.9 Å². The summed E-state index contributed by atoms with van der Waals surface area (Å²) in [5.74, 6) is -12.5. The number of likely N-dealkylation sites (N-methyl/N-ethyl adjacent to an activating group) is 1. The highest BCUT2D eigenvalue weighted by molar-refractivity contribution is 7.89. The van der Waals surface area contributed by atoms with E-state index >= 15 is 0 Å². The number of hydrogen-bond acceptors (Lipinski definition) is 5. The van der Waals surface area contributed by atoms with Crippen LogP contribution in [0.25, 0.3) is 0 Å². The van der Waals surface area contributed by atoms with Crippen molar-refractivity contribution in [3.05, 3.63) is 124 Å². The molecule has 53 heavy (non-hydrogen) atoms. The first-order chi connectivity index (χ1) is 25.1. The fraction of sp³-hybridized carbons (Fsp3) is 0.375. The van der Waals surface area contributed by atoms with Crippen LogP contribution < -0.4 is 9.64 Å². The first-order valence-corrected chi connectivity index (χ1v) is 18.9. The van der Waals surface area contributed by atoms with E-state index in [9.17, 15) is 40.3 Å². The number of amides is 1. The van der Waals surface area contributed by atoms with Crippen molar-refractivity contribution in [3.8, 4) is 5.75 Å². The van der Waals surface area contributed by atoms with Crippen molar-refractivity contribution in [1.29, 1.82) is 0 Å². The molecular weight excluding hydrogens is 716 g/mol. The van der Waals surface area contributed by atoms with E-state index in [0.29, 0.717) is 21.4 Å². The normalized spacial score (nSPS) is 16.1. The minimum Gasteiger partial charge on any atom is -0.488 e. The lowest BCUT2D eigenvalue weighted by molar-refractivity contribution is -0.123. The number of halogens is 5. The highest BCUT2D eigenvalue weighted by Gasteiger charge is 2.60. The summed E-state index contributed by atoms with van der Waals surface area (Å²) in [6.07, 6.45) is 5.47. The van der Waals surface area contributed by atoms with Crippen LogP contribution in [0, 0.1) is 29.1 Å². The number of ether oxygens (including phenoxy) is 1. The van der Waals surface area contributed by atoms with E-state index in [1.54, 1.807) is 32.0 Å². The molecule has 0 bridgehead atoms. The van der Waals surface area contributed by atoms with Gasteiger partial charge in [-0.2, -0.15) is 4.31 Å². The van der Waals surface area contributed by atoms with E-state index in [0.717, 1.165) is 38.3 Å². The summed E-state index contributed by atoms with van der Waals surface area (Å²) in [6.45, 7) is 3.21. The largest absolute Gasteiger partial charge is 0.488 e. The van der Waals surface area contributed by atoms with Gasteiger partial charge >= 0.3 is 0 Å². The molecule has 2 aliphatic rings. The van der Waals surface area contributed by atoms with Crippen molar-refractivity contribution in [3.63, 3.8) is 0 Å². The van der Waals surface area contributed by atoms with Crippen LogP contribution in [-0.2, 0) is 33.6 Å². The van der Waals surface area contributed by atoms with Gasteiger partial charge in [-0.3, -0.25) is 4.79 Å². The number of rotatable bonds is 12. The minimum absolute atomic E-state index is 0.0675. The molecule has 0 atom stereocenters. The molecular formula is C40H41F5N2O5S. The molecule has 0 aromatic heterocycles. The third-order valence-electron chi connectivity index (χ3n) is 10.3. The third kappa shape index (κ3) is 7.56. The van der Waals surface area contributed by atoms with E-state index in [1.807, 2.05) is 54.6 Å². The average Bonchev–Trinajstić information content (AvgIpc) is 3.96. The lowest BCUT2D eigenvalue weighted by atomic mass is 9.84. The average molecular weight is 757 g/mol. The van der Waals surface area contributed by atoms with Gasteiger partial charge in [-0.05, 0) is 68.2 Å². The lowest BCUT2D eigenvalue weighted by Gasteiger charge is -2.33. The van der Waals surface area contributed by atoms with E-state index in [1.165, 1.54) is 16.9 Å². The molecule has 6 rings (SSSR count). The van der Waals surface area contributed by atoms with Gasteiger partial charge in [-0.15, -0.1) is 0 Å². The molecule has 0 saturated heterocycles. The van der Waals surface area contributed by atoms with Crippen molar-refractivity contribution in [2.75, 3.05) is 11.9 Å². The Hall–Kier alpha value is -4.33. The number of nitrogens with zero attached hydrogens (tertiary/aromatic N) is 2. The van der Waals surface area contributed by atoms with Gasteiger partial charge in [0.1, 0.15) is 17.9 Å². The molecule has 0 aliphatic heterocycles. The van der Waals surface area contributed by atoms with Crippen LogP contribution in [0.15, 0.2) is 77.7 Å². The zero-order valence-electron chi connectivity index (χ0n) is 29.6. The first kappa shape index (κ1) is 38.4. The standard InChI is InChI=1S/C40H41F5N2O5S/c1-39(2,49)30-19-18-29(22-31(30)52-24-26-10-6-4-7-11-26)47(23-25-14-16-28(17-15-25)27-12-8-5-9-13-27)38(48)40(20-21-40)46(3)53(50,51)37-35(44)33(42)32(41)34(43)36(37)45/h4,6-7,10-11,14-19,22,27,49H,5,8-9,12-13,20-21,23-24H2,1-3H3. The summed E-state index contributed by atoms with van der Waals surface area (Å²) in [4.78, 5) is 14.0. The van der Waals surface area contributed by atoms with Crippen molar-refractivity contribution in [2.24, 2.45) is 0 Å². The Morgan fingerprint density at radius 3 is 1.98 bits per heavy atom. The summed E-state index contributed by atoms with van der Waals surface area (Å²) in [7, 11) is -4.56. The molecule has 4 aromatic rings. The Kier molecular flexibility index (Phi) is 10.7. The molecule has 4 aromatic carbocycles. The Morgan fingerprint density at radius 1 is 0.830 bits per heavy atom. The van der Waals surface area contributed by atoms with Crippen LogP contribution in [0.2, 0.25) is 0 Å². The van der Waals surface area contributed by atoms with Crippen LogP contribution >= 0.6 is 0 Å². The van der Waals surface area contributed by atoms with E-state index < -0.39 is 61.1 Å². The summed E-state index contributed by atoms with van der Waals surface area (Å²) in [5.41, 5.74) is 0.0868. The molecule has 1 amide bonds. The quantitative estimate of drug-likeness (QED) is 0.0889. The van der Waals surface area contributed by atoms with Crippen molar-refractivity contribution >= 4 is 21.6 Å². The number of sulfonamides is 1. The molecule has 2 aliphatic carbocycles. The van der Waals surface area contributed by atoms with Gasteiger partial charge in [0, 0.05) is 24.4 Å². The number of carbonyl (C=O) groups excluding carboxylic acids is 1. The topological polar surface area (TPSA) is 87.2 Å². The summed E-state index contributed by atoms with van der Waals surface area (Å²) in [6, 6.07) is 21.8. The monoisotopic (exact) mass is 756 g/mol. The molecule has 0 radical (unpaired) electrons. The maximum absolute atomic E-state index is 14.9. The molecule has 0 spiro atoms. The number of anilines is 1. The summed E-state index contributed by atoms with van der Waals surface area (Å²) in [5, 5.41) is 11.0. The van der Waals surface area contributed by atoms with Gasteiger partial charge < -0.3 is 14.7 Å². The van der Waals surface area contributed by atoms with Crippen LogP contribution in [0.5, 0.6) is 5.75 Å². The van der Waals surface area contributed by atoms with Gasteiger partial charge in [0.2, 0.25) is 21.7 Å². The molecule has 7 nitrogen and oxygen atoms in total.